The van der Waals surface area contributed by atoms with E-state index in [4.69, 9.17) is 11.6 Å². The summed E-state index contributed by atoms with van der Waals surface area (Å²) in [6, 6.07) is 10.1. The lowest BCUT2D eigenvalue weighted by atomic mass is 10.1. The highest BCUT2D eigenvalue weighted by Gasteiger charge is 2.22. The zero-order valence-electron chi connectivity index (χ0n) is 15.9. The Bertz CT molecular complexity index is 1070. The number of carbonyl (C=O) groups is 3. The molecule has 2 aromatic rings. The Morgan fingerprint density at radius 1 is 1.10 bits per heavy atom. The molecule has 0 saturated heterocycles. The van der Waals surface area contributed by atoms with Gasteiger partial charge in [0.2, 0.25) is 15.9 Å². The molecule has 0 aromatic heterocycles. The summed E-state index contributed by atoms with van der Waals surface area (Å²) in [6.45, 7) is 0.797. The Hall–Kier alpha value is -2.91. The van der Waals surface area contributed by atoms with Crippen molar-refractivity contribution in [2.24, 2.45) is 0 Å². The first-order chi connectivity index (χ1) is 13.5. The van der Waals surface area contributed by atoms with Gasteiger partial charge in [0.25, 0.3) is 0 Å². The van der Waals surface area contributed by atoms with E-state index in [0.29, 0.717) is 5.56 Å². The molecule has 0 spiro atoms. The van der Waals surface area contributed by atoms with E-state index >= 15 is 0 Å². The number of carbonyl (C=O) groups excluding carboxylic acids is 3. The minimum atomic E-state index is -3.83. The number of amides is 1. The number of ether oxygens (including phenoxy) is 1. The van der Waals surface area contributed by atoms with Crippen molar-refractivity contribution in [3.8, 4) is 0 Å². The van der Waals surface area contributed by atoms with Crippen LogP contribution in [0.2, 0.25) is 5.02 Å². The zero-order valence-corrected chi connectivity index (χ0v) is 17.5. The zero-order chi connectivity index (χ0) is 21.8. The predicted octanol–water partition coefficient (Wildman–Crippen LogP) is 2.73. The van der Waals surface area contributed by atoms with E-state index in [1.54, 1.807) is 6.07 Å². The second kappa shape index (κ2) is 9.06. The maximum absolute atomic E-state index is 12.5. The van der Waals surface area contributed by atoms with Crippen molar-refractivity contribution in [1.29, 1.82) is 0 Å². The summed E-state index contributed by atoms with van der Waals surface area (Å²) in [5, 5.41) is 2.65. The van der Waals surface area contributed by atoms with Crippen LogP contribution in [0.1, 0.15) is 27.6 Å². The minimum Gasteiger partial charge on any atom is -0.465 e. The maximum Gasteiger partial charge on any atom is 0.337 e. The van der Waals surface area contributed by atoms with Gasteiger partial charge in [0.05, 0.1) is 35.3 Å². The number of benzene rings is 2. The lowest BCUT2D eigenvalue weighted by Gasteiger charge is -2.22. The lowest BCUT2D eigenvalue weighted by Crippen LogP contribution is -2.37. The Labute approximate surface area is 173 Å². The van der Waals surface area contributed by atoms with Gasteiger partial charge in [0.1, 0.15) is 6.54 Å². The highest BCUT2D eigenvalue weighted by molar-refractivity contribution is 7.92. The fourth-order valence-corrected chi connectivity index (χ4v) is 3.48. The fraction of sp³-hybridized carbons (Fsp3) is 0.211. The van der Waals surface area contributed by atoms with Gasteiger partial charge in [-0.1, -0.05) is 23.7 Å². The average molecular weight is 439 g/mol. The lowest BCUT2D eigenvalue weighted by molar-refractivity contribution is -0.114. The van der Waals surface area contributed by atoms with Crippen molar-refractivity contribution in [3.05, 3.63) is 58.6 Å². The third-order valence-corrected chi connectivity index (χ3v) is 5.36. The van der Waals surface area contributed by atoms with Crippen molar-refractivity contribution in [3.63, 3.8) is 0 Å². The van der Waals surface area contributed by atoms with E-state index in [1.165, 1.54) is 50.4 Å². The Morgan fingerprint density at radius 3 is 2.38 bits per heavy atom. The van der Waals surface area contributed by atoms with E-state index in [0.717, 1.165) is 10.6 Å². The Morgan fingerprint density at radius 2 is 1.79 bits per heavy atom. The van der Waals surface area contributed by atoms with Gasteiger partial charge < -0.3 is 10.1 Å². The van der Waals surface area contributed by atoms with Gasteiger partial charge >= 0.3 is 5.97 Å². The standard InChI is InChI=1S/C19H19ClN2O6S/c1-12(23)13-5-4-6-15(9-13)22(29(3,26)27)11-18(24)21-17-10-14(19(25)28-2)7-8-16(17)20/h4-10H,11H2,1-3H3,(H,21,24). The molecule has 0 aliphatic heterocycles. The predicted molar refractivity (Wildman–Crippen MR) is 110 cm³/mol. The van der Waals surface area contributed by atoms with Crippen LogP contribution in [-0.4, -0.2) is 46.0 Å². The topological polar surface area (TPSA) is 110 Å². The maximum atomic E-state index is 12.5. The summed E-state index contributed by atoms with van der Waals surface area (Å²) in [7, 11) is -2.61. The monoisotopic (exact) mass is 438 g/mol. The number of halogens is 1. The average Bonchev–Trinajstić information content (AvgIpc) is 2.66. The second-order valence-corrected chi connectivity index (χ2v) is 8.42. The number of Topliss-reactive ketones (excluding diaryl/α,β-unsaturated/α-hetero) is 1. The van der Waals surface area contributed by atoms with E-state index in [-0.39, 0.29) is 27.7 Å². The van der Waals surface area contributed by atoms with Gasteiger partial charge in [-0.25, -0.2) is 13.2 Å². The van der Waals surface area contributed by atoms with Crippen LogP contribution in [0.4, 0.5) is 11.4 Å². The van der Waals surface area contributed by atoms with Crippen LogP contribution in [0.5, 0.6) is 0 Å². The largest absolute Gasteiger partial charge is 0.465 e. The van der Waals surface area contributed by atoms with Crippen LogP contribution in [0.3, 0.4) is 0 Å². The third kappa shape index (κ3) is 5.78. The Balaban J connectivity index is 2.30. The number of nitrogens with one attached hydrogen (secondary N) is 1. The molecule has 8 nitrogen and oxygen atoms in total. The quantitative estimate of drug-likeness (QED) is 0.525. The van der Waals surface area contributed by atoms with Crippen LogP contribution in [0.25, 0.3) is 0 Å². The van der Waals surface area contributed by atoms with Crippen LogP contribution >= 0.6 is 11.6 Å². The van der Waals surface area contributed by atoms with Crippen LogP contribution in [0, 0.1) is 0 Å². The molecule has 0 saturated carbocycles. The summed E-state index contributed by atoms with van der Waals surface area (Å²) >= 11 is 6.05. The number of anilines is 2. The molecule has 1 N–H and O–H groups in total. The molecule has 2 aromatic carbocycles. The second-order valence-electron chi connectivity index (χ2n) is 6.11. The minimum absolute atomic E-state index is 0.130. The normalized spacial score (nSPS) is 10.9. The number of nitrogens with zero attached hydrogens (tertiary/aromatic N) is 1. The summed E-state index contributed by atoms with van der Waals surface area (Å²) in [6.07, 6.45) is 0.950. The molecule has 0 unspecified atom stereocenters. The van der Waals surface area contributed by atoms with Gasteiger partial charge in [-0.3, -0.25) is 13.9 Å². The molecular weight excluding hydrogens is 420 g/mol. The molecule has 0 aliphatic rings. The molecule has 0 aliphatic carbocycles. The van der Waals surface area contributed by atoms with E-state index < -0.39 is 28.4 Å². The van der Waals surface area contributed by atoms with Crippen LogP contribution in [0.15, 0.2) is 42.5 Å². The molecule has 0 heterocycles. The SMILES string of the molecule is COC(=O)c1ccc(Cl)c(NC(=O)CN(c2cccc(C(C)=O)c2)S(C)(=O)=O)c1. The van der Waals surface area contributed by atoms with Gasteiger partial charge in [0.15, 0.2) is 5.78 Å². The molecule has 0 fully saturated rings. The van der Waals surface area contributed by atoms with Gasteiger partial charge in [0, 0.05) is 5.56 Å². The van der Waals surface area contributed by atoms with Gasteiger partial charge in [-0.05, 0) is 37.3 Å². The first-order valence-corrected chi connectivity index (χ1v) is 10.5. The molecule has 1 amide bonds. The fourth-order valence-electron chi connectivity index (χ4n) is 2.47. The molecule has 10 heteroatoms. The van der Waals surface area contributed by atoms with Crippen molar-refractivity contribution < 1.29 is 27.5 Å². The summed E-state index contributed by atoms with van der Waals surface area (Å²) < 4.78 is 29.9. The first-order valence-electron chi connectivity index (χ1n) is 8.29. The summed E-state index contributed by atoms with van der Waals surface area (Å²) in [5.41, 5.74) is 0.780. The van der Waals surface area contributed by atoms with Crippen LogP contribution in [-0.2, 0) is 19.6 Å². The van der Waals surface area contributed by atoms with Crippen LogP contribution < -0.4 is 9.62 Å². The highest BCUT2D eigenvalue weighted by Crippen LogP contribution is 2.24. The van der Waals surface area contributed by atoms with Crippen molar-refractivity contribution >= 4 is 50.7 Å². The van der Waals surface area contributed by atoms with E-state index in [9.17, 15) is 22.8 Å². The van der Waals surface area contributed by atoms with Crippen molar-refractivity contribution in [2.45, 2.75) is 6.92 Å². The third-order valence-electron chi connectivity index (χ3n) is 3.89. The van der Waals surface area contributed by atoms with E-state index in [2.05, 4.69) is 10.1 Å². The number of hydrogen-bond acceptors (Lipinski definition) is 6. The highest BCUT2D eigenvalue weighted by atomic mass is 35.5. The number of ketones is 1. The van der Waals surface area contributed by atoms with Gasteiger partial charge in [-0.2, -0.15) is 0 Å². The smallest absolute Gasteiger partial charge is 0.337 e. The van der Waals surface area contributed by atoms with E-state index in [1.807, 2.05) is 0 Å². The number of sulfonamides is 1. The number of esters is 1. The number of methoxy groups -OCH3 is 1. The molecule has 0 bridgehead atoms. The van der Waals surface area contributed by atoms with Gasteiger partial charge in [-0.15, -0.1) is 0 Å². The van der Waals surface area contributed by atoms with Crippen molar-refractivity contribution in [1.82, 2.24) is 0 Å². The molecular formula is C19H19ClN2O6S. The molecule has 2 rings (SSSR count). The number of hydrogen-bond donors (Lipinski definition) is 1. The number of rotatable bonds is 7. The molecule has 154 valence electrons. The summed E-state index contributed by atoms with van der Waals surface area (Å²) in [4.78, 5) is 35.7. The Kier molecular flexibility index (Phi) is 6.99. The summed E-state index contributed by atoms with van der Waals surface area (Å²) in [5.74, 6) is -1.54. The first kappa shape index (κ1) is 22.4. The van der Waals surface area contributed by atoms with Crippen molar-refractivity contribution in [2.75, 3.05) is 29.5 Å². The molecule has 29 heavy (non-hydrogen) atoms. The molecule has 0 atom stereocenters. The molecule has 0 radical (unpaired) electrons.